The summed E-state index contributed by atoms with van der Waals surface area (Å²) < 4.78 is 17.9. The molecule has 2 amide bonds. The fourth-order valence-corrected chi connectivity index (χ4v) is 2.77. The van der Waals surface area contributed by atoms with Crippen LogP contribution in [0.3, 0.4) is 0 Å². The highest BCUT2D eigenvalue weighted by Crippen LogP contribution is 2.17. The Bertz CT molecular complexity index is 585. The van der Waals surface area contributed by atoms with Gasteiger partial charge < -0.3 is 25.2 Å². The van der Waals surface area contributed by atoms with Crippen molar-refractivity contribution in [1.82, 2.24) is 15.5 Å². The average molecular weight is 439 g/mol. The van der Waals surface area contributed by atoms with Crippen LogP contribution in [0.1, 0.15) is 6.42 Å². The number of hydrogen-bond donors (Lipinski definition) is 2. The first kappa shape index (κ1) is 26.4. The monoisotopic (exact) mass is 438 g/mol. The largest absolute Gasteiger partial charge is 0.383 e. The number of ether oxygens (including phenoxy) is 1. The van der Waals surface area contributed by atoms with Gasteiger partial charge in [0.15, 0.2) is 0 Å². The van der Waals surface area contributed by atoms with Crippen LogP contribution >= 0.6 is 24.8 Å². The molecule has 0 aromatic heterocycles. The Labute approximate surface area is 177 Å². The lowest BCUT2D eigenvalue weighted by Gasteiger charge is -2.36. The zero-order chi connectivity index (χ0) is 18.8. The van der Waals surface area contributed by atoms with Crippen LogP contribution in [0.5, 0.6) is 0 Å². The maximum atomic E-state index is 13.0. The number of halogens is 3. The molecule has 0 atom stereocenters. The van der Waals surface area contributed by atoms with Crippen molar-refractivity contribution in [3.05, 3.63) is 30.1 Å². The van der Waals surface area contributed by atoms with Crippen molar-refractivity contribution in [1.29, 1.82) is 0 Å². The predicted molar refractivity (Wildman–Crippen MR) is 112 cm³/mol. The van der Waals surface area contributed by atoms with Crippen molar-refractivity contribution in [2.75, 3.05) is 64.4 Å². The first-order chi connectivity index (χ1) is 12.6. The number of anilines is 1. The number of amides is 2. The quantitative estimate of drug-likeness (QED) is 0.563. The summed E-state index contributed by atoms with van der Waals surface area (Å²) in [4.78, 5) is 27.8. The molecule has 1 aromatic rings. The van der Waals surface area contributed by atoms with Gasteiger partial charge in [-0.2, -0.15) is 0 Å². The van der Waals surface area contributed by atoms with E-state index in [4.69, 9.17) is 4.74 Å². The van der Waals surface area contributed by atoms with Gasteiger partial charge >= 0.3 is 0 Å². The molecule has 1 aliphatic heterocycles. The van der Waals surface area contributed by atoms with E-state index in [0.29, 0.717) is 52.3 Å². The summed E-state index contributed by atoms with van der Waals surface area (Å²) in [6.07, 6.45) is 0.292. The molecule has 1 heterocycles. The van der Waals surface area contributed by atoms with Crippen LogP contribution in [0.4, 0.5) is 10.1 Å². The zero-order valence-electron chi connectivity index (χ0n) is 16.0. The number of rotatable bonds is 9. The lowest BCUT2D eigenvalue weighted by atomic mass is 10.2. The third-order valence-corrected chi connectivity index (χ3v) is 4.25. The molecule has 10 heteroatoms. The number of methoxy groups -OCH3 is 1. The van der Waals surface area contributed by atoms with Crippen LogP contribution in [0, 0.1) is 5.82 Å². The molecule has 0 aliphatic carbocycles. The Kier molecular flexibility index (Phi) is 13.6. The zero-order valence-corrected chi connectivity index (χ0v) is 17.6. The summed E-state index contributed by atoms with van der Waals surface area (Å²) in [6, 6.07) is 6.39. The molecule has 1 aromatic carbocycles. The van der Waals surface area contributed by atoms with Crippen molar-refractivity contribution >= 4 is 42.3 Å². The average Bonchev–Trinajstić information content (AvgIpc) is 2.66. The van der Waals surface area contributed by atoms with E-state index >= 15 is 0 Å². The highest BCUT2D eigenvalue weighted by atomic mass is 35.5. The molecule has 160 valence electrons. The van der Waals surface area contributed by atoms with E-state index in [1.807, 2.05) is 4.90 Å². The molecule has 2 rings (SSSR count). The van der Waals surface area contributed by atoms with Gasteiger partial charge in [-0.15, -0.1) is 24.8 Å². The van der Waals surface area contributed by atoms with Crippen LogP contribution < -0.4 is 15.5 Å². The summed E-state index contributed by atoms with van der Waals surface area (Å²) in [5, 5.41) is 5.68. The van der Waals surface area contributed by atoms with E-state index in [-0.39, 0.29) is 49.0 Å². The molecular formula is C18H29Cl2FN4O3. The van der Waals surface area contributed by atoms with E-state index in [1.54, 1.807) is 19.2 Å². The smallest absolute Gasteiger partial charge is 0.233 e. The van der Waals surface area contributed by atoms with Crippen molar-refractivity contribution < 1.29 is 18.7 Å². The van der Waals surface area contributed by atoms with E-state index in [0.717, 1.165) is 5.69 Å². The van der Waals surface area contributed by atoms with Gasteiger partial charge in [-0.3, -0.25) is 9.59 Å². The second-order valence-electron chi connectivity index (χ2n) is 6.11. The molecule has 1 saturated heterocycles. The molecule has 28 heavy (non-hydrogen) atoms. The summed E-state index contributed by atoms with van der Waals surface area (Å²) in [7, 11) is 1.60. The summed E-state index contributed by atoms with van der Waals surface area (Å²) in [5.41, 5.74) is 0.965. The van der Waals surface area contributed by atoms with Gasteiger partial charge in [-0.05, 0) is 24.3 Å². The van der Waals surface area contributed by atoms with Gasteiger partial charge in [0, 0.05) is 58.5 Å². The summed E-state index contributed by atoms with van der Waals surface area (Å²) in [6.45, 7) is 4.40. The SMILES string of the molecule is COCCNCC(=O)NCCC(=O)N1CCN(c2ccc(F)cc2)CC1.Cl.Cl. The normalized spacial score (nSPS) is 13.4. The predicted octanol–water partition coefficient (Wildman–Crippen LogP) is 1.06. The Hall–Kier alpha value is -1.61. The van der Waals surface area contributed by atoms with Crippen LogP contribution in [-0.4, -0.2) is 76.2 Å². The number of piperazine rings is 1. The molecule has 0 radical (unpaired) electrons. The van der Waals surface area contributed by atoms with E-state index in [9.17, 15) is 14.0 Å². The summed E-state index contributed by atoms with van der Waals surface area (Å²) >= 11 is 0. The Balaban J connectivity index is 0.00000364. The number of benzene rings is 1. The standard InChI is InChI=1S/C18H27FN4O3.2ClH/c1-26-13-8-20-14-17(24)21-7-6-18(25)23-11-9-22(10-12-23)16-4-2-15(19)3-5-16;;/h2-5,20H,6-14H2,1H3,(H,21,24);2*1H. The number of carbonyl (C=O) groups is 2. The van der Waals surface area contributed by atoms with E-state index in [2.05, 4.69) is 15.5 Å². The fourth-order valence-electron chi connectivity index (χ4n) is 2.77. The molecule has 0 unspecified atom stereocenters. The number of nitrogens with zero attached hydrogens (tertiary/aromatic N) is 2. The molecule has 0 bridgehead atoms. The second kappa shape index (κ2) is 14.4. The molecule has 2 N–H and O–H groups in total. The lowest BCUT2D eigenvalue weighted by Crippen LogP contribution is -2.49. The molecule has 7 nitrogen and oxygen atoms in total. The van der Waals surface area contributed by atoms with Crippen LogP contribution in [-0.2, 0) is 14.3 Å². The molecule has 0 spiro atoms. The Morgan fingerprint density at radius 3 is 2.32 bits per heavy atom. The van der Waals surface area contributed by atoms with Crippen molar-refractivity contribution in [2.24, 2.45) is 0 Å². The fraction of sp³-hybridized carbons (Fsp3) is 0.556. The van der Waals surface area contributed by atoms with Crippen LogP contribution in [0.15, 0.2) is 24.3 Å². The number of hydrogen-bond acceptors (Lipinski definition) is 5. The maximum absolute atomic E-state index is 13.0. The van der Waals surface area contributed by atoms with E-state index in [1.165, 1.54) is 12.1 Å². The van der Waals surface area contributed by atoms with Crippen molar-refractivity contribution in [3.63, 3.8) is 0 Å². The van der Waals surface area contributed by atoms with E-state index < -0.39 is 0 Å². The highest BCUT2D eigenvalue weighted by Gasteiger charge is 2.21. The minimum atomic E-state index is -0.251. The number of nitrogens with one attached hydrogen (secondary N) is 2. The minimum Gasteiger partial charge on any atom is -0.383 e. The Morgan fingerprint density at radius 2 is 1.71 bits per heavy atom. The molecule has 1 aliphatic rings. The summed E-state index contributed by atoms with van der Waals surface area (Å²) in [5.74, 6) is -0.343. The third-order valence-electron chi connectivity index (χ3n) is 4.25. The topological polar surface area (TPSA) is 73.9 Å². The van der Waals surface area contributed by atoms with Crippen molar-refractivity contribution in [2.45, 2.75) is 6.42 Å². The Morgan fingerprint density at radius 1 is 1.07 bits per heavy atom. The first-order valence-corrected chi connectivity index (χ1v) is 8.85. The van der Waals surface area contributed by atoms with Gasteiger partial charge in [0.2, 0.25) is 11.8 Å². The van der Waals surface area contributed by atoms with Gasteiger partial charge in [0.25, 0.3) is 0 Å². The second-order valence-corrected chi connectivity index (χ2v) is 6.11. The van der Waals surface area contributed by atoms with Gasteiger partial charge in [-0.1, -0.05) is 0 Å². The molecule has 0 saturated carbocycles. The maximum Gasteiger partial charge on any atom is 0.233 e. The van der Waals surface area contributed by atoms with Crippen LogP contribution in [0.2, 0.25) is 0 Å². The third kappa shape index (κ3) is 9.05. The number of carbonyl (C=O) groups excluding carboxylic acids is 2. The van der Waals surface area contributed by atoms with Gasteiger partial charge in [0.1, 0.15) is 5.82 Å². The van der Waals surface area contributed by atoms with Gasteiger partial charge in [0.05, 0.1) is 13.2 Å². The van der Waals surface area contributed by atoms with Crippen LogP contribution in [0.25, 0.3) is 0 Å². The molecule has 1 fully saturated rings. The highest BCUT2D eigenvalue weighted by molar-refractivity contribution is 5.85. The van der Waals surface area contributed by atoms with Crippen molar-refractivity contribution in [3.8, 4) is 0 Å². The minimum absolute atomic E-state index is 0. The molecular weight excluding hydrogens is 410 g/mol. The lowest BCUT2D eigenvalue weighted by molar-refractivity contribution is -0.131. The van der Waals surface area contributed by atoms with Gasteiger partial charge in [-0.25, -0.2) is 4.39 Å². The first-order valence-electron chi connectivity index (χ1n) is 8.85.